The minimum atomic E-state index is -0.0813. The first-order valence-electron chi connectivity index (χ1n) is 19.9. The monoisotopic (exact) mass is 775 g/mol. The highest BCUT2D eigenvalue weighted by Crippen LogP contribution is 2.51. The van der Waals surface area contributed by atoms with E-state index in [0.29, 0.717) is 51.6 Å². The molecule has 0 aliphatic heterocycles. The van der Waals surface area contributed by atoms with Crippen LogP contribution in [0.3, 0.4) is 0 Å². The lowest BCUT2D eigenvalue weighted by Gasteiger charge is -2.37. The van der Waals surface area contributed by atoms with E-state index in [1.165, 1.54) is 22.7 Å². The molecule has 0 aliphatic rings. The van der Waals surface area contributed by atoms with Gasteiger partial charge in [-0.25, -0.2) is 0 Å². The summed E-state index contributed by atoms with van der Waals surface area (Å²) in [6, 6.07) is 62.8. The van der Waals surface area contributed by atoms with Crippen LogP contribution < -0.4 is 9.59 Å². The van der Waals surface area contributed by atoms with Crippen molar-refractivity contribution in [3.8, 4) is 23.0 Å². The third kappa shape index (κ3) is 8.91. The van der Waals surface area contributed by atoms with Crippen molar-refractivity contribution in [1.29, 1.82) is 0 Å². The second-order valence-corrected chi connectivity index (χ2v) is 15.1. The highest BCUT2D eigenvalue weighted by molar-refractivity contribution is 5.81. The van der Waals surface area contributed by atoms with Crippen LogP contribution in [-0.4, -0.2) is 15.3 Å². The van der Waals surface area contributed by atoms with Crippen molar-refractivity contribution in [1.82, 2.24) is 4.48 Å². The lowest BCUT2D eigenvalue weighted by molar-refractivity contribution is -0.270. The lowest BCUT2D eigenvalue weighted by Crippen LogP contribution is -2.33. The zero-order chi connectivity index (χ0) is 41.4. The molecule has 8 aromatic carbocycles. The van der Waals surface area contributed by atoms with Crippen LogP contribution >= 0.6 is 0 Å². The molecule has 0 fully saturated rings. The summed E-state index contributed by atoms with van der Waals surface area (Å²) in [6.45, 7) is 5.87. The number of phenols is 3. The second kappa shape index (κ2) is 18.0. The number of aromatic hydroxyl groups is 3. The van der Waals surface area contributed by atoms with Gasteiger partial charge in [-0.2, -0.15) is 4.48 Å². The Morgan fingerprint density at radius 1 is 0.356 bits per heavy atom. The van der Waals surface area contributed by atoms with Gasteiger partial charge in [0.1, 0.15) is 40.0 Å². The topological polar surface area (TPSA) is 83.8 Å². The predicted molar refractivity (Wildman–Crippen MR) is 239 cm³/mol. The number of aryl methyl sites for hydroxylation is 3. The van der Waals surface area contributed by atoms with Crippen LogP contribution in [0.4, 0.5) is 22.7 Å². The molecule has 294 valence electrons. The summed E-state index contributed by atoms with van der Waals surface area (Å²) in [5, 5.41) is 44.7. The Morgan fingerprint density at radius 3 is 1.05 bits per heavy atom. The predicted octanol–water partition coefficient (Wildman–Crippen LogP) is 12.6. The first kappa shape index (κ1) is 40.1. The van der Waals surface area contributed by atoms with Crippen LogP contribution in [-0.2, 0) is 19.3 Å². The third-order valence-electron chi connectivity index (χ3n) is 10.8. The van der Waals surface area contributed by atoms with Gasteiger partial charge in [0.2, 0.25) is 0 Å². The Kier molecular flexibility index (Phi) is 12.3. The van der Waals surface area contributed by atoms with E-state index in [1.54, 1.807) is 24.3 Å². The molecule has 5 heteroatoms. The lowest BCUT2D eigenvalue weighted by atomic mass is 9.93. The Hall–Kier alpha value is -7.08. The Morgan fingerprint density at radius 2 is 0.678 bits per heavy atom. The largest absolute Gasteiger partial charge is 0.872 e. The number of rotatable bonds is 10. The number of hydrogen-bond donors (Lipinski definition) is 3. The standard InChI is InChI=1S/C30H30O4.C24H20N/c1-18-7-9-27(31)23(11-18)15-21-5-4-6-22(29(21)33)16-25-13-20(3)14-26(30(25)34)17-24-12-19(2)8-10-28(24)32;1-5-13-21(14-6-1)25(22-15-7-2-8-16-22,23-17-9-3-10-18-23)24-19-11-4-12-20-24/h4-14,31-34H,15-17H2,1-3H3;1-20H/q;+1/p-1. The summed E-state index contributed by atoms with van der Waals surface area (Å²) in [5.74, 6) is 0.438. The van der Waals surface area contributed by atoms with Gasteiger partial charge in [-0.3, -0.25) is 0 Å². The molecule has 8 aromatic rings. The number of quaternary nitrogens is 1. The van der Waals surface area contributed by atoms with Gasteiger partial charge in [0, 0.05) is 67.8 Å². The minimum Gasteiger partial charge on any atom is -0.872 e. The van der Waals surface area contributed by atoms with Crippen molar-refractivity contribution >= 4 is 22.7 Å². The molecule has 0 spiro atoms. The van der Waals surface area contributed by atoms with Crippen molar-refractivity contribution < 1.29 is 20.4 Å². The Bertz CT molecular complexity index is 2480. The molecular formula is C54H49NO4. The van der Waals surface area contributed by atoms with Crippen LogP contribution in [0.2, 0.25) is 0 Å². The van der Waals surface area contributed by atoms with Gasteiger partial charge in [0.15, 0.2) is 0 Å². The number of phenolic OH excluding ortho intramolecular Hbond substituents is 3. The molecule has 0 saturated heterocycles. The summed E-state index contributed by atoms with van der Waals surface area (Å²) in [4.78, 5) is 0. The zero-order valence-corrected chi connectivity index (χ0v) is 33.7. The molecule has 3 N–H and O–H groups in total. The number of para-hydroxylation sites is 5. The van der Waals surface area contributed by atoms with Crippen molar-refractivity contribution in [2.24, 2.45) is 0 Å². The fourth-order valence-electron chi connectivity index (χ4n) is 7.95. The molecule has 0 unspecified atom stereocenters. The van der Waals surface area contributed by atoms with E-state index in [4.69, 9.17) is 0 Å². The molecule has 0 saturated carbocycles. The average molecular weight is 776 g/mol. The molecule has 0 bridgehead atoms. The zero-order valence-electron chi connectivity index (χ0n) is 33.7. The molecule has 0 atom stereocenters. The van der Waals surface area contributed by atoms with Gasteiger partial charge in [-0.1, -0.05) is 155 Å². The van der Waals surface area contributed by atoms with Gasteiger partial charge in [0.25, 0.3) is 0 Å². The van der Waals surface area contributed by atoms with E-state index in [2.05, 4.69) is 121 Å². The summed E-state index contributed by atoms with van der Waals surface area (Å²) in [7, 11) is 0. The number of hydrogen-bond acceptors (Lipinski definition) is 4. The maximum absolute atomic E-state index is 13.2. The molecule has 0 aromatic heterocycles. The smallest absolute Gasteiger partial charge is 0.148 e. The third-order valence-corrected chi connectivity index (χ3v) is 10.8. The molecule has 8 rings (SSSR count). The van der Waals surface area contributed by atoms with Gasteiger partial charge in [0.05, 0.1) is 0 Å². The minimum absolute atomic E-state index is 0.0813. The van der Waals surface area contributed by atoms with Gasteiger partial charge in [-0.05, 0) is 55.2 Å². The van der Waals surface area contributed by atoms with Crippen molar-refractivity contribution in [2.45, 2.75) is 40.0 Å². The fraction of sp³-hybridized carbons (Fsp3) is 0.111. The molecule has 0 heterocycles. The maximum Gasteiger partial charge on any atom is 0.148 e. The first-order chi connectivity index (χ1) is 28.6. The van der Waals surface area contributed by atoms with Crippen LogP contribution in [0.1, 0.15) is 50.1 Å². The van der Waals surface area contributed by atoms with Gasteiger partial charge < -0.3 is 20.4 Å². The first-order valence-corrected chi connectivity index (χ1v) is 19.9. The van der Waals surface area contributed by atoms with Crippen molar-refractivity contribution in [3.05, 3.63) is 238 Å². The molecular weight excluding hydrogens is 727 g/mol. The van der Waals surface area contributed by atoms with E-state index >= 15 is 0 Å². The highest BCUT2D eigenvalue weighted by atomic mass is 16.3. The van der Waals surface area contributed by atoms with Crippen LogP contribution in [0.5, 0.6) is 23.0 Å². The number of nitrogens with zero attached hydrogens (tertiary/aromatic N) is 1. The average Bonchev–Trinajstić information content (AvgIpc) is 3.26. The Labute approximate surface area is 347 Å². The SMILES string of the molecule is Cc1ccc(O)c(Cc2cccc(Cc3cc(C)cc(Cc4cc(C)ccc4O)c3O)c2[O-])c1.c1ccc([N+](c2ccccc2)(c2ccccc2)c2ccccc2)cc1. The van der Waals surface area contributed by atoms with E-state index in [-0.39, 0.29) is 23.0 Å². The molecule has 0 aliphatic carbocycles. The van der Waals surface area contributed by atoms with Crippen LogP contribution in [0.15, 0.2) is 188 Å². The number of benzene rings is 8. The molecule has 0 amide bonds. The quantitative estimate of drug-likeness (QED) is 0.121. The Balaban J connectivity index is 0.000000187. The fourth-order valence-corrected chi connectivity index (χ4v) is 7.95. The van der Waals surface area contributed by atoms with E-state index in [1.807, 2.05) is 63.2 Å². The summed E-state index contributed by atoms with van der Waals surface area (Å²) in [6.07, 6.45) is 1.04. The normalized spacial score (nSPS) is 11.1. The van der Waals surface area contributed by atoms with Crippen molar-refractivity contribution in [3.63, 3.8) is 0 Å². The van der Waals surface area contributed by atoms with E-state index in [9.17, 15) is 20.4 Å². The van der Waals surface area contributed by atoms with Gasteiger partial charge in [-0.15, -0.1) is 5.75 Å². The summed E-state index contributed by atoms with van der Waals surface area (Å²) >= 11 is 0. The van der Waals surface area contributed by atoms with Gasteiger partial charge >= 0.3 is 0 Å². The molecule has 0 radical (unpaired) electrons. The van der Waals surface area contributed by atoms with E-state index in [0.717, 1.165) is 22.3 Å². The van der Waals surface area contributed by atoms with Crippen LogP contribution in [0, 0.1) is 20.8 Å². The second-order valence-electron chi connectivity index (χ2n) is 15.1. The summed E-state index contributed by atoms with van der Waals surface area (Å²) in [5.41, 5.74) is 11.9. The molecule has 59 heavy (non-hydrogen) atoms. The maximum atomic E-state index is 13.2. The van der Waals surface area contributed by atoms with E-state index < -0.39 is 0 Å². The summed E-state index contributed by atoms with van der Waals surface area (Å²) < 4.78 is 0.559. The van der Waals surface area contributed by atoms with Crippen molar-refractivity contribution in [2.75, 3.05) is 0 Å². The molecule has 5 nitrogen and oxygen atoms in total. The highest BCUT2D eigenvalue weighted by Gasteiger charge is 2.38. The van der Waals surface area contributed by atoms with Crippen LogP contribution in [0.25, 0.3) is 0 Å².